The fraction of sp³-hybridized carbons (Fsp3) is 0.519. The quantitative estimate of drug-likeness (QED) is 0.388. The van der Waals surface area contributed by atoms with Crippen LogP contribution >= 0.6 is 0 Å². The lowest BCUT2D eigenvalue weighted by molar-refractivity contribution is -0.141. The van der Waals surface area contributed by atoms with Crippen LogP contribution in [0.25, 0.3) is 0 Å². The molecule has 0 spiro atoms. The zero-order chi connectivity index (χ0) is 24.3. The Bertz CT molecular complexity index is 775. The lowest BCUT2D eigenvalue weighted by Gasteiger charge is -2.29. The number of nitrogens with zero attached hydrogens (tertiary/aromatic N) is 2. The number of rotatable bonds is 15. The molecule has 0 aliphatic carbocycles. The van der Waals surface area contributed by atoms with E-state index in [-0.39, 0.29) is 0 Å². The molecule has 33 heavy (non-hydrogen) atoms. The lowest BCUT2D eigenvalue weighted by Crippen LogP contribution is -2.34. The average Bonchev–Trinajstić information content (AvgIpc) is 2.84. The molecule has 0 saturated carbocycles. The number of carboxylic acids is 1. The fourth-order valence-electron chi connectivity index (χ4n) is 4.00. The summed E-state index contributed by atoms with van der Waals surface area (Å²) in [4.78, 5) is 16.9. The lowest BCUT2D eigenvalue weighted by atomic mass is 9.76. The topological polar surface area (TPSA) is 62.2 Å². The highest BCUT2D eigenvalue weighted by Crippen LogP contribution is 2.34. The second kappa shape index (κ2) is 13.2. The zero-order valence-electron chi connectivity index (χ0n) is 20.8. The Kier molecular flexibility index (Phi) is 10.7. The number of anilines is 2. The van der Waals surface area contributed by atoms with Gasteiger partial charge in [-0.15, -0.1) is 0 Å². The van der Waals surface area contributed by atoms with E-state index in [1.165, 1.54) is 0 Å². The molecule has 0 fully saturated rings. The minimum absolute atomic E-state index is 0.671. The number of carboxylic acid groups (broad SMARTS) is 1. The molecule has 2 rings (SSSR count). The van der Waals surface area contributed by atoms with Gasteiger partial charge >= 0.3 is 5.97 Å². The molecule has 182 valence electrons. The SMILES string of the molecule is CCOCCN(CC)c1ccc(C(C)(C(=O)O)c2ccc(N(CC)CCOCC)cc2)cc1. The molecule has 0 aliphatic heterocycles. The van der Waals surface area contributed by atoms with Crippen molar-refractivity contribution in [3.63, 3.8) is 0 Å². The smallest absolute Gasteiger partial charge is 0.318 e. The van der Waals surface area contributed by atoms with Crippen LogP contribution in [0, 0.1) is 0 Å². The van der Waals surface area contributed by atoms with Gasteiger partial charge in [0.05, 0.1) is 13.2 Å². The Balaban J connectivity index is 2.26. The van der Waals surface area contributed by atoms with Gasteiger partial charge in [-0.05, 0) is 70.0 Å². The summed E-state index contributed by atoms with van der Waals surface area (Å²) < 4.78 is 11.0. The Labute approximate surface area is 199 Å². The van der Waals surface area contributed by atoms with E-state index in [9.17, 15) is 9.90 Å². The van der Waals surface area contributed by atoms with Crippen LogP contribution in [0.1, 0.15) is 45.7 Å². The molecule has 0 aromatic heterocycles. The van der Waals surface area contributed by atoms with Crippen molar-refractivity contribution in [3.05, 3.63) is 59.7 Å². The number of benzene rings is 2. The van der Waals surface area contributed by atoms with Gasteiger partial charge in [0.15, 0.2) is 0 Å². The summed E-state index contributed by atoms with van der Waals surface area (Å²) in [5.41, 5.74) is 2.52. The van der Waals surface area contributed by atoms with Crippen LogP contribution in [0.15, 0.2) is 48.5 Å². The van der Waals surface area contributed by atoms with Crippen molar-refractivity contribution < 1.29 is 19.4 Å². The molecule has 0 bridgehead atoms. The van der Waals surface area contributed by atoms with Crippen molar-refractivity contribution in [3.8, 4) is 0 Å². The number of aliphatic carboxylic acids is 1. The molecule has 2 aromatic rings. The predicted octanol–water partition coefficient (Wildman–Crippen LogP) is 4.80. The summed E-state index contributed by atoms with van der Waals surface area (Å²) in [7, 11) is 0. The highest BCUT2D eigenvalue weighted by molar-refractivity contribution is 5.86. The maximum atomic E-state index is 12.5. The minimum atomic E-state index is -1.14. The van der Waals surface area contributed by atoms with E-state index in [1.807, 2.05) is 62.4 Å². The van der Waals surface area contributed by atoms with E-state index in [0.717, 1.165) is 48.7 Å². The maximum absolute atomic E-state index is 12.5. The monoisotopic (exact) mass is 456 g/mol. The third-order valence-electron chi connectivity index (χ3n) is 6.23. The van der Waals surface area contributed by atoms with Crippen LogP contribution in [0.5, 0.6) is 0 Å². The number of hydrogen-bond acceptors (Lipinski definition) is 5. The van der Waals surface area contributed by atoms with Gasteiger partial charge in [0.1, 0.15) is 5.41 Å². The fourth-order valence-corrected chi connectivity index (χ4v) is 4.00. The second-order valence-electron chi connectivity index (χ2n) is 8.08. The van der Waals surface area contributed by atoms with Crippen LogP contribution < -0.4 is 9.80 Å². The summed E-state index contributed by atoms with van der Waals surface area (Å²) in [5, 5.41) is 10.2. The standard InChI is InChI=1S/C27H40N2O4/c1-6-28(18-20-32-8-3)24-14-10-22(11-15-24)27(5,26(30)31)23-12-16-25(17-13-23)29(7-2)19-21-33-9-4/h10-17H,6-9,18-21H2,1-5H3,(H,30,31). The normalized spacial score (nSPS) is 11.4. The second-order valence-corrected chi connectivity index (χ2v) is 8.08. The molecule has 1 N–H and O–H groups in total. The molecule has 6 heteroatoms. The van der Waals surface area contributed by atoms with Crippen molar-refractivity contribution in [2.45, 2.75) is 40.0 Å². The molecular weight excluding hydrogens is 416 g/mol. The molecule has 6 nitrogen and oxygen atoms in total. The van der Waals surface area contributed by atoms with Gasteiger partial charge in [-0.3, -0.25) is 4.79 Å². The molecule has 0 amide bonds. The third-order valence-corrected chi connectivity index (χ3v) is 6.23. The van der Waals surface area contributed by atoms with E-state index < -0.39 is 11.4 Å². The van der Waals surface area contributed by atoms with Gasteiger partial charge < -0.3 is 24.4 Å². The van der Waals surface area contributed by atoms with E-state index in [1.54, 1.807) is 6.92 Å². The van der Waals surface area contributed by atoms with Gasteiger partial charge in [-0.2, -0.15) is 0 Å². The van der Waals surface area contributed by atoms with Gasteiger partial charge in [-0.1, -0.05) is 24.3 Å². The molecular formula is C27H40N2O4. The number of ether oxygens (including phenoxy) is 2. The highest BCUT2D eigenvalue weighted by Gasteiger charge is 2.37. The molecule has 0 heterocycles. The summed E-state index contributed by atoms with van der Waals surface area (Å²) >= 11 is 0. The largest absolute Gasteiger partial charge is 0.480 e. The van der Waals surface area contributed by atoms with Crippen LogP contribution in [0.3, 0.4) is 0 Å². The van der Waals surface area contributed by atoms with E-state index in [2.05, 4.69) is 23.6 Å². The van der Waals surface area contributed by atoms with E-state index >= 15 is 0 Å². The molecule has 0 saturated heterocycles. The molecule has 0 unspecified atom stereocenters. The Morgan fingerprint density at radius 1 is 0.758 bits per heavy atom. The van der Waals surface area contributed by atoms with E-state index in [0.29, 0.717) is 26.4 Å². The Morgan fingerprint density at radius 3 is 1.39 bits per heavy atom. The molecule has 0 radical (unpaired) electrons. The molecule has 0 aliphatic rings. The first kappa shape index (κ1) is 26.7. The maximum Gasteiger partial charge on any atom is 0.318 e. The Hall–Kier alpha value is -2.57. The molecule has 2 aromatic carbocycles. The van der Waals surface area contributed by atoms with Crippen molar-refractivity contribution in [2.75, 3.05) is 62.4 Å². The molecule has 0 atom stereocenters. The third kappa shape index (κ3) is 6.71. The van der Waals surface area contributed by atoms with Gasteiger partial charge in [0.2, 0.25) is 0 Å². The predicted molar refractivity (Wildman–Crippen MR) is 136 cm³/mol. The first-order chi connectivity index (χ1) is 15.9. The zero-order valence-corrected chi connectivity index (χ0v) is 20.8. The highest BCUT2D eigenvalue weighted by atomic mass is 16.5. The van der Waals surface area contributed by atoms with Crippen molar-refractivity contribution in [1.82, 2.24) is 0 Å². The first-order valence-electron chi connectivity index (χ1n) is 12.0. The summed E-state index contributed by atoms with van der Waals surface area (Å²) in [6.45, 7) is 16.1. The van der Waals surface area contributed by atoms with Crippen LogP contribution in [0.2, 0.25) is 0 Å². The first-order valence-corrected chi connectivity index (χ1v) is 12.0. The van der Waals surface area contributed by atoms with Gasteiger partial charge in [0.25, 0.3) is 0 Å². The van der Waals surface area contributed by atoms with Crippen molar-refractivity contribution in [2.24, 2.45) is 0 Å². The van der Waals surface area contributed by atoms with Crippen molar-refractivity contribution in [1.29, 1.82) is 0 Å². The average molecular weight is 457 g/mol. The number of carbonyl (C=O) groups is 1. The minimum Gasteiger partial charge on any atom is -0.480 e. The van der Waals surface area contributed by atoms with Crippen LogP contribution in [-0.2, 0) is 19.7 Å². The van der Waals surface area contributed by atoms with E-state index in [4.69, 9.17) is 9.47 Å². The van der Waals surface area contributed by atoms with Crippen molar-refractivity contribution >= 4 is 17.3 Å². The van der Waals surface area contributed by atoms with Gasteiger partial charge in [0, 0.05) is 50.8 Å². The Morgan fingerprint density at radius 2 is 1.12 bits per heavy atom. The summed E-state index contributed by atoms with van der Waals surface area (Å²) in [5.74, 6) is -0.865. The van der Waals surface area contributed by atoms with Gasteiger partial charge in [-0.25, -0.2) is 0 Å². The number of likely N-dealkylation sites (N-methyl/N-ethyl adjacent to an activating group) is 2. The summed E-state index contributed by atoms with van der Waals surface area (Å²) in [6, 6.07) is 15.8. The van der Waals surface area contributed by atoms with Crippen LogP contribution in [-0.4, -0.2) is 63.7 Å². The van der Waals surface area contributed by atoms with Crippen LogP contribution in [0.4, 0.5) is 11.4 Å². The number of hydrogen-bond donors (Lipinski definition) is 1. The summed E-state index contributed by atoms with van der Waals surface area (Å²) in [6.07, 6.45) is 0.